The number of ether oxygens (including phenoxy) is 2. The normalized spacial score (nSPS) is 19.9. The van der Waals surface area contributed by atoms with E-state index in [1.165, 1.54) is 6.26 Å². The molecule has 41 heavy (non-hydrogen) atoms. The molecule has 0 aliphatic carbocycles. The van der Waals surface area contributed by atoms with Gasteiger partial charge in [0.25, 0.3) is 0 Å². The third-order valence-corrected chi connectivity index (χ3v) is 6.67. The number of oxazole rings is 1. The molecular formula is C32H40N6O3. The summed E-state index contributed by atoms with van der Waals surface area (Å²) in [7, 11) is 3.21. The fraction of sp³-hybridized carbons (Fsp3) is 0.344. The summed E-state index contributed by atoms with van der Waals surface area (Å²) in [6.07, 6.45) is 22.4. The van der Waals surface area contributed by atoms with Crippen LogP contribution in [-0.4, -0.2) is 43.6 Å². The molecule has 3 heterocycles. The summed E-state index contributed by atoms with van der Waals surface area (Å²) in [5.41, 5.74) is 3.68. The summed E-state index contributed by atoms with van der Waals surface area (Å²) in [4.78, 5) is 22.5. The van der Waals surface area contributed by atoms with Gasteiger partial charge in [-0.3, -0.25) is 15.0 Å². The molecule has 0 spiro atoms. The predicted molar refractivity (Wildman–Crippen MR) is 167 cm³/mol. The average Bonchev–Trinajstić information content (AvgIpc) is 3.46. The SMILES string of the molecule is C=C/C(CC(OC)(C(=CCC)NC1=C(OC)N=CCC(/C(=C/N=C)C2=NC=CCC2C)=C1)c1ncco1)=N\C=C/C. The number of nitrogens with zero attached hydrogens (tertiary/aromatic N) is 5. The van der Waals surface area contributed by atoms with Crippen LogP contribution in [0.15, 0.2) is 121 Å². The fourth-order valence-corrected chi connectivity index (χ4v) is 4.65. The quantitative estimate of drug-likeness (QED) is 0.255. The zero-order chi connectivity index (χ0) is 29.7. The third-order valence-electron chi connectivity index (χ3n) is 6.67. The van der Waals surface area contributed by atoms with E-state index < -0.39 is 5.60 Å². The van der Waals surface area contributed by atoms with Crippen molar-refractivity contribution >= 4 is 24.4 Å². The largest absolute Gasteiger partial charge is 0.480 e. The number of allylic oxidation sites excluding steroid dienone is 7. The molecule has 2 atom stereocenters. The van der Waals surface area contributed by atoms with Crippen molar-refractivity contribution in [3.8, 4) is 0 Å². The summed E-state index contributed by atoms with van der Waals surface area (Å²) in [6.45, 7) is 13.8. The Morgan fingerprint density at radius 2 is 2.17 bits per heavy atom. The Morgan fingerprint density at radius 1 is 1.34 bits per heavy atom. The van der Waals surface area contributed by atoms with Crippen molar-refractivity contribution in [3.05, 3.63) is 102 Å². The standard InChI is InChI=1S/C32H40N6O3/c1-8-12-28(32(40-7,31-37-18-19-41-31)21-25(10-3)34-15-9-2)38-27-20-24(14-17-36-30(27)39-6)26(22-33-5)29-23(4)13-11-16-35-29/h9-12,15-20,22-23,38H,3,5,8,13-14,21H2,1-2,4,6-7H3/b15-9-,26-22-,28-12?,34-25+. The first-order valence-electron chi connectivity index (χ1n) is 13.6. The van der Waals surface area contributed by atoms with Crippen LogP contribution in [0.4, 0.5) is 0 Å². The molecule has 0 radical (unpaired) electrons. The molecule has 0 saturated heterocycles. The highest BCUT2D eigenvalue weighted by atomic mass is 16.5. The number of aromatic nitrogens is 1. The first-order chi connectivity index (χ1) is 20.0. The van der Waals surface area contributed by atoms with E-state index in [0.29, 0.717) is 48.1 Å². The summed E-state index contributed by atoms with van der Waals surface area (Å²) in [5, 5.41) is 3.57. The van der Waals surface area contributed by atoms with Gasteiger partial charge in [0.15, 0.2) is 5.60 Å². The van der Waals surface area contributed by atoms with E-state index in [4.69, 9.17) is 13.9 Å². The summed E-state index contributed by atoms with van der Waals surface area (Å²) in [6, 6.07) is 0. The van der Waals surface area contributed by atoms with Crippen LogP contribution in [0, 0.1) is 5.92 Å². The van der Waals surface area contributed by atoms with Crippen LogP contribution in [0.5, 0.6) is 0 Å². The van der Waals surface area contributed by atoms with Crippen LogP contribution in [0.3, 0.4) is 0 Å². The van der Waals surface area contributed by atoms with Crippen molar-refractivity contribution < 1.29 is 13.9 Å². The zero-order valence-corrected chi connectivity index (χ0v) is 24.6. The average molecular weight is 557 g/mol. The highest BCUT2D eigenvalue weighted by Crippen LogP contribution is 2.37. The lowest BCUT2D eigenvalue weighted by molar-refractivity contribution is -0.00269. The number of aliphatic imine (C=N–C) groups is 4. The first kappa shape index (κ1) is 31.2. The van der Waals surface area contributed by atoms with E-state index in [1.807, 2.05) is 44.5 Å². The summed E-state index contributed by atoms with van der Waals surface area (Å²) < 4.78 is 17.8. The van der Waals surface area contributed by atoms with E-state index in [2.05, 4.69) is 56.6 Å². The number of hydrogen-bond acceptors (Lipinski definition) is 9. The lowest BCUT2D eigenvalue weighted by atomic mass is 9.88. The molecule has 0 fully saturated rings. The second-order valence-electron chi connectivity index (χ2n) is 9.37. The van der Waals surface area contributed by atoms with Crippen LogP contribution in [0.1, 0.15) is 52.3 Å². The molecule has 0 aromatic carbocycles. The van der Waals surface area contributed by atoms with Gasteiger partial charge in [0, 0.05) is 62.0 Å². The first-order valence-corrected chi connectivity index (χ1v) is 13.6. The van der Waals surface area contributed by atoms with Crippen molar-refractivity contribution in [3.63, 3.8) is 0 Å². The van der Waals surface area contributed by atoms with Gasteiger partial charge >= 0.3 is 0 Å². The second-order valence-corrected chi connectivity index (χ2v) is 9.37. The Labute approximate surface area is 243 Å². The van der Waals surface area contributed by atoms with Crippen molar-refractivity contribution in [1.29, 1.82) is 0 Å². The van der Waals surface area contributed by atoms with Crippen molar-refractivity contribution in [2.24, 2.45) is 25.9 Å². The predicted octanol–water partition coefficient (Wildman–Crippen LogP) is 6.75. The van der Waals surface area contributed by atoms with E-state index in [-0.39, 0.29) is 5.92 Å². The Kier molecular flexibility index (Phi) is 11.7. The summed E-state index contributed by atoms with van der Waals surface area (Å²) in [5.74, 6) is 1.01. The number of methoxy groups -OCH3 is 2. The molecule has 0 amide bonds. The molecule has 1 aromatic heterocycles. The molecule has 2 unspecified atom stereocenters. The van der Waals surface area contributed by atoms with Crippen LogP contribution >= 0.6 is 0 Å². The van der Waals surface area contributed by atoms with Gasteiger partial charge in [-0.15, -0.1) is 0 Å². The molecule has 2 aliphatic rings. The molecule has 0 bridgehead atoms. The number of rotatable bonds is 14. The van der Waals surface area contributed by atoms with Crippen LogP contribution < -0.4 is 5.32 Å². The number of nitrogens with one attached hydrogen (secondary N) is 1. The lowest BCUT2D eigenvalue weighted by Crippen LogP contribution is -2.40. The van der Waals surface area contributed by atoms with Crippen molar-refractivity contribution in [2.45, 2.75) is 52.1 Å². The van der Waals surface area contributed by atoms with Gasteiger partial charge in [-0.2, -0.15) is 0 Å². The molecule has 2 aliphatic heterocycles. The van der Waals surface area contributed by atoms with Crippen LogP contribution in [-0.2, 0) is 15.1 Å². The molecule has 9 nitrogen and oxygen atoms in total. The van der Waals surface area contributed by atoms with Crippen LogP contribution in [0.25, 0.3) is 0 Å². The van der Waals surface area contributed by atoms with Gasteiger partial charge < -0.3 is 19.2 Å². The molecule has 216 valence electrons. The minimum atomic E-state index is -1.15. The number of hydrogen-bond donors (Lipinski definition) is 1. The maximum Gasteiger partial charge on any atom is 0.237 e. The van der Waals surface area contributed by atoms with Crippen molar-refractivity contribution in [1.82, 2.24) is 10.3 Å². The van der Waals surface area contributed by atoms with Crippen molar-refractivity contribution in [2.75, 3.05) is 14.2 Å². The van der Waals surface area contributed by atoms with Gasteiger partial charge in [0.1, 0.15) is 12.0 Å². The maximum atomic E-state index is 6.25. The van der Waals surface area contributed by atoms with Gasteiger partial charge in [0.05, 0.1) is 24.7 Å². The van der Waals surface area contributed by atoms with Gasteiger partial charge in [-0.25, -0.2) is 9.98 Å². The van der Waals surface area contributed by atoms with E-state index in [1.54, 1.807) is 38.9 Å². The monoisotopic (exact) mass is 556 g/mol. The zero-order valence-electron chi connectivity index (χ0n) is 24.6. The van der Waals surface area contributed by atoms with Gasteiger partial charge in [-0.1, -0.05) is 38.7 Å². The topological polar surface area (TPSA) is 106 Å². The molecule has 3 rings (SSSR count). The Hall–Kier alpha value is -4.37. The van der Waals surface area contributed by atoms with Gasteiger partial charge in [0.2, 0.25) is 11.8 Å². The van der Waals surface area contributed by atoms with E-state index in [0.717, 1.165) is 23.3 Å². The summed E-state index contributed by atoms with van der Waals surface area (Å²) >= 11 is 0. The smallest absolute Gasteiger partial charge is 0.237 e. The maximum absolute atomic E-state index is 6.25. The Balaban J connectivity index is 2.18. The third kappa shape index (κ3) is 7.43. The minimum Gasteiger partial charge on any atom is -0.480 e. The molecular weight excluding hydrogens is 516 g/mol. The highest BCUT2D eigenvalue weighted by Gasteiger charge is 2.42. The Bertz CT molecular complexity index is 1360. The fourth-order valence-electron chi connectivity index (χ4n) is 4.65. The molecule has 9 heteroatoms. The lowest BCUT2D eigenvalue weighted by Gasteiger charge is -2.33. The van der Waals surface area contributed by atoms with Gasteiger partial charge in [-0.05, 0) is 44.2 Å². The van der Waals surface area contributed by atoms with Crippen LogP contribution in [0.2, 0.25) is 0 Å². The van der Waals surface area contributed by atoms with E-state index >= 15 is 0 Å². The van der Waals surface area contributed by atoms with E-state index in [9.17, 15) is 0 Å². The molecule has 0 saturated carbocycles. The molecule has 1 aromatic rings. The Morgan fingerprint density at radius 3 is 2.78 bits per heavy atom. The molecule has 1 N–H and O–H groups in total. The minimum absolute atomic E-state index is 0.229. The highest BCUT2D eigenvalue weighted by molar-refractivity contribution is 6.06. The second kappa shape index (κ2) is 15.4.